The Morgan fingerprint density at radius 2 is 1.96 bits per heavy atom. The summed E-state index contributed by atoms with van der Waals surface area (Å²) in [5.41, 5.74) is 2.17. The summed E-state index contributed by atoms with van der Waals surface area (Å²) in [6, 6.07) is 12.0. The van der Waals surface area contributed by atoms with Crippen LogP contribution in [0.1, 0.15) is 22.8 Å². The first-order valence-electron chi connectivity index (χ1n) is 8.46. The van der Waals surface area contributed by atoms with Gasteiger partial charge in [0, 0.05) is 5.69 Å². The van der Waals surface area contributed by atoms with E-state index in [1.165, 1.54) is 12.0 Å². The molecule has 1 aliphatic rings. The Balaban J connectivity index is 1.80. The number of hydrogen-bond acceptors (Lipinski definition) is 5. The standard InChI is InChI=1S/C20H20N2O5/c1-12-8-9-14(20(25)26-3)10-15(12)21-18(23)11-22-16-6-4-5-7-17(16)27-13(2)19(22)24/h4-10,13H,11H2,1-3H3,(H,21,23). The fraction of sp³-hybridized carbons (Fsp3) is 0.250. The van der Waals surface area contributed by atoms with Crippen LogP contribution in [0, 0.1) is 6.92 Å². The predicted molar refractivity (Wildman–Crippen MR) is 100 cm³/mol. The number of para-hydroxylation sites is 2. The van der Waals surface area contributed by atoms with Crippen molar-refractivity contribution in [3.8, 4) is 5.75 Å². The molecule has 1 aliphatic heterocycles. The van der Waals surface area contributed by atoms with Crippen LogP contribution >= 0.6 is 0 Å². The Labute approximate surface area is 156 Å². The lowest BCUT2D eigenvalue weighted by Crippen LogP contribution is -2.47. The zero-order valence-corrected chi connectivity index (χ0v) is 15.3. The van der Waals surface area contributed by atoms with Crippen LogP contribution in [0.15, 0.2) is 42.5 Å². The largest absolute Gasteiger partial charge is 0.479 e. The quantitative estimate of drug-likeness (QED) is 0.839. The number of nitrogens with one attached hydrogen (secondary N) is 1. The van der Waals surface area contributed by atoms with Crippen LogP contribution in [-0.2, 0) is 14.3 Å². The smallest absolute Gasteiger partial charge is 0.337 e. The Hall–Kier alpha value is -3.35. The summed E-state index contributed by atoms with van der Waals surface area (Å²) in [6.45, 7) is 3.30. The van der Waals surface area contributed by atoms with Crippen molar-refractivity contribution in [2.45, 2.75) is 20.0 Å². The molecule has 140 valence electrons. The van der Waals surface area contributed by atoms with Crippen molar-refractivity contribution in [3.05, 3.63) is 53.6 Å². The number of anilines is 2. The third-order valence-electron chi connectivity index (χ3n) is 4.31. The molecular formula is C20H20N2O5. The van der Waals surface area contributed by atoms with Crippen molar-refractivity contribution in [2.75, 3.05) is 23.9 Å². The number of esters is 1. The lowest BCUT2D eigenvalue weighted by molar-refractivity contribution is -0.127. The number of nitrogens with zero attached hydrogens (tertiary/aromatic N) is 1. The molecule has 0 radical (unpaired) electrons. The topological polar surface area (TPSA) is 84.9 Å². The Kier molecular flexibility index (Phi) is 5.12. The Morgan fingerprint density at radius 3 is 2.70 bits per heavy atom. The van der Waals surface area contributed by atoms with Crippen molar-refractivity contribution in [3.63, 3.8) is 0 Å². The van der Waals surface area contributed by atoms with Gasteiger partial charge in [-0.2, -0.15) is 0 Å². The Morgan fingerprint density at radius 1 is 1.22 bits per heavy atom. The van der Waals surface area contributed by atoms with Gasteiger partial charge in [0.15, 0.2) is 6.10 Å². The molecule has 1 unspecified atom stereocenters. The lowest BCUT2D eigenvalue weighted by atomic mass is 10.1. The molecule has 2 aromatic carbocycles. The van der Waals surface area contributed by atoms with Gasteiger partial charge >= 0.3 is 5.97 Å². The van der Waals surface area contributed by atoms with E-state index in [-0.39, 0.29) is 18.4 Å². The fourth-order valence-corrected chi connectivity index (χ4v) is 2.86. The number of methoxy groups -OCH3 is 1. The highest BCUT2D eigenvalue weighted by atomic mass is 16.5. The van der Waals surface area contributed by atoms with E-state index < -0.39 is 12.1 Å². The summed E-state index contributed by atoms with van der Waals surface area (Å²) in [4.78, 5) is 38.2. The summed E-state index contributed by atoms with van der Waals surface area (Å²) < 4.78 is 10.3. The van der Waals surface area contributed by atoms with E-state index in [9.17, 15) is 14.4 Å². The normalized spacial score (nSPS) is 15.6. The van der Waals surface area contributed by atoms with Crippen molar-refractivity contribution >= 4 is 29.2 Å². The molecule has 0 saturated carbocycles. The van der Waals surface area contributed by atoms with E-state index in [2.05, 4.69) is 5.32 Å². The van der Waals surface area contributed by atoms with E-state index in [0.29, 0.717) is 22.7 Å². The predicted octanol–water partition coefficient (Wildman–Crippen LogP) is 2.53. The monoisotopic (exact) mass is 368 g/mol. The first kappa shape index (κ1) is 18.4. The van der Waals surface area contributed by atoms with E-state index >= 15 is 0 Å². The average molecular weight is 368 g/mol. The molecule has 1 N–H and O–H groups in total. The van der Waals surface area contributed by atoms with Crippen LogP contribution in [0.3, 0.4) is 0 Å². The fourth-order valence-electron chi connectivity index (χ4n) is 2.86. The van der Waals surface area contributed by atoms with Crippen LogP contribution < -0.4 is 15.0 Å². The summed E-state index contributed by atoms with van der Waals surface area (Å²) in [5.74, 6) is -0.598. The van der Waals surface area contributed by atoms with Gasteiger partial charge in [-0.15, -0.1) is 0 Å². The zero-order valence-electron chi connectivity index (χ0n) is 15.3. The maximum atomic E-state index is 12.6. The molecular weight excluding hydrogens is 348 g/mol. The highest BCUT2D eigenvalue weighted by Crippen LogP contribution is 2.33. The number of carbonyl (C=O) groups is 3. The van der Waals surface area contributed by atoms with E-state index in [4.69, 9.17) is 9.47 Å². The molecule has 27 heavy (non-hydrogen) atoms. The molecule has 0 saturated heterocycles. The van der Waals surface area contributed by atoms with Gasteiger partial charge in [0.05, 0.1) is 18.4 Å². The van der Waals surface area contributed by atoms with E-state index in [0.717, 1.165) is 5.56 Å². The molecule has 0 aliphatic carbocycles. The van der Waals surface area contributed by atoms with Crippen LogP contribution in [-0.4, -0.2) is 37.5 Å². The average Bonchev–Trinajstić information content (AvgIpc) is 2.66. The number of hydrogen-bond donors (Lipinski definition) is 1. The van der Waals surface area contributed by atoms with Crippen molar-refractivity contribution in [1.29, 1.82) is 0 Å². The van der Waals surface area contributed by atoms with Gasteiger partial charge in [-0.1, -0.05) is 18.2 Å². The molecule has 2 aromatic rings. The maximum absolute atomic E-state index is 12.6. The second-order valence-corrected chi connectivity index (χ2v) is 6.22. The van der Waals surface area contributed by atoms with Gasteiger partial charge in [0.2, 0.25) is 5.91 Å². The molecule has 0 bridgehead atoms. The van der Waals surface area contributed by atoms with Gasteiger partial charge in [-0.25, -0.2) is 4.79 Å². The zero-order chi connectivity index (χ0) is 19.6. The van der Waals surface area contributed by atoms with Gasteiger partial charge in [-0.3, -0.25) is 14.5 Å². The highest BCUT2D eigenvalue weighted by Gasteiger charge is 2.32. The van der Waals surface area contributed by atoms with Crippen LogP contribution in [0.25, 0.3) is 0 Å². The molecule has 0 aromatic heterocycles. The first-order valence-corrected chi connectivity index (χ1v) is 8.46. The minimum Gasteiger partial charge on any atom is -0.479 e. The summed E-state index contributed by atoms with van der Waals surface area (Å²) >= 11 is 0. The third-order valence-corrected chi connectivity index (χ3v) is 4.31. The summed E-state index contributed by atoms with van der Waals surface area (Å²) in [7, 11) is 1.29. The minimum absolute atomic E-state index is 0.161. The molecule has 0 fully saturated rings. The number of aryl methyl sites for hydroxylation is 1. The highest BCUT2D eigenvalue weighted by molar-refractivity contribution is 6.06. The van der Waals surface area contributed by atoms with Crippen molar-refractivity contribution in [1.82, 2.24) is 0 Å². The number of carbonyl (C=O) groups excluding carboxylic acids is 3. The molecule has 3 rings (SSSR count). The van der Waals surface area contributed by atoms with Crippen LogP contribution in [0.5, 0.6) is 5.75 Å². The molecule has 7 nitrogen and oxygen atoms in total. The second kappa shape index (κ2) is 7.49. The van der Waals surface area contributed by atoms with Crippen molar-refractivity contribution < 1.29 is 23.9 Å². The minimum atomic E-state index is -0.669. The number of amides is 2. The molecule has 7 heteroatoms. The molecule has 0 spiro atoms. The SMILES string of the molecule is COC(=O)c1ccc(C)c(NC(=O)CN2C(=O)C(C)Oc3ccccc32)c1. The van der Waals surface area contributed by atoms with Crippen molar-refractivity contribution in [2.24, 2.45) is 0 Å². The number of rotatable bonds is 4. The summed E-state index contributed by atoms with van der Waals surface area (Å²) in [6.07, 6.45) is -0.669. The third kappa shape index (κ3) is 3.76. The van der Waals surface area contributed by atoms with Gasteiger partial charge in [-0.05, 0) is 43.7 Å². The number of ether oxygens (including phenoxy) is 2. The summed E-state index contributed by atoms with van der Waals surface area (Å²) in [5, 5.41) is 2.76. The van der Waals surface area contributed by atoms with Gasteiger partial charge in [0.1, 0.15) is 12.3 Å². The van der Waals surface area contributed by atoms with E-state index in [1.807, 2.05) is 6.92 Å². The molecule has 1 atom stereocenters. The second-order valence-electron chi connectivity index (χ2n) is 6.22. The van der Waals surface area contributed by atoms with E-state index in [1.54, 1.807) is 49.4 Å². The Bertz CT molecular complexity index is 909. The van der Waals surface area contributed by atoms with Crippen LogP contribution in [0.4, 0.5) is 11.4 Å². The molecule has 2 amide bonds. The first-order chi connectivity index (χ1) is 12.9. The van der Waals surface area contributed by atoms with Gasteiger partial charge < -0.3 is 14.8 Å². The number of fused-ring (bicyclic) bond motifs is 1. The van der Waals surface area contributed by atoms with Crippen LogP contribution in [0.2, 0.25) is 0 Å². The lowest BCUT2D eigenvalue weighted by Gasteiger charge is -2.32. The van der Waals surface area contributed by atoms with Gasteiger partial charge in [0.25, 0.3) is 5.91 Å². The number of benzene rings is 2. The molecule has 1 heterocycles. The maximum Gasteiger partial charge on any atom is 0.337 e.